The monoisotopic (exact) mass is 282 g/mol. The SMILES string of the molecule is CCc1cccc2c(CNC(C)C)c3c(nc12)CCCC3. The minimum atomic E-state index is 0.516. The highest BCUT2D eigenvalue weighted by atomic mass is 14.9. The molecule has 0 spiro atoms. The Kier molecular flexibility index (Phi) is 4.25. The number of pyridine rings is 1. The Labute approximate surface area is 128 Å². The molecule has 2 aromatic rings. The first-order chi connectivity index (χ1) is 10.2. The van der Waals surface area contributed by atoms with E-state index in [1.165, 1.54) is 52.5 Å². The Morgan fingerprint density at radius 1 is 1.19 bits per heavy atom. The fourth-order valence-corrected chi connectivity index (χ4v) is 3.40. The molecule has 0 atom stereocenters. The van der Waals surface area contributed by atoms with Crippen LogP contribution < -0.4 is 5.32 Å². The van der Waals surface area contributed by atoms with Gasteiger partial charge in [0.1, 0.15) is 0 Å². The van der Waals surface area contributed by atoms with Gasteiger partial charge in [0.15, 0.2) is 0 Å². The third-order valence-corrected chi connectivity index (χ3v) is 4.56. The van der Waals surface area contributed by atoms with Crippen molar-refractivity contribution in [2.75, 3.05) is 0 Å². The number of benzene rings is 1. The molecule has 1 N–H and O–H groups in total. The van der Waals surface area contributed by atoms with Crippen molar-refractivity contribution >= 4 is 10.9 Å². The van der Waals surface area contributed by atoms with E-state index >= 15 is 0 Å². The molecule has 0 fully saturated rings. The molecule has 0 radical (unpaired) electrons. The van der Waals surface area contributed by atoms with Gasteiger partial charge in [-0.2, -0.15) is 0 Å². The number of aromatic nitrogens is 1. The summed E-state index contributed by atoms with van der Waals surface area (Å²) in [5, 5.41) is 4.98. The first kappa shape index (κ1) is 14.5. The van der Waals surface area contributed by atoms with Gasteiger partial charge in [-0.3, -0.25) is 4.98 Å². The van der Waals surface area contributed by atoms with Crippen molar-refractivity contribution in [3.05, 3.63) is 40.6 Å². The molecule has 1 heterocycles. The van der Waals surface area contributed by atoms with Crippen LogP contribution in [-0.4, -0.2) is 11.0 Å². The Morgan fingerprint density at radius 3 is 2.76 bits per heavy atom. The summed E-state index contributed by atoms with van der Waals surface area (Å²) in [6.07, 6.45) is 6.00. The van der Waals surface area contributed by atoms with Crippen LogP contribution in [0.4, 0.5) is 0 Å². The molecule has 0 unspecified atom stereocenters. The van der Waals surface area contributed by atoms with E-state index < -0.39 is 0 Å². The Hall–Kier alpha value is -1.41. The molecule has 0 saturated heterocycles. The Bertz CT molecular complexity index is 644. The van der Waals surface area contributed by atoms with E-state index in [9.17, 15) is 0 Å². The summed E-state index contributed by atoms with van der Waals surface area (Å²) in [5.74, 6) is 0. The summed E-state index contributed by atoms with van der Waals surface area (Å²) in [7, 11) is 0. The maximum Gasteiger partial charge on any atom is 0.0740 e. The van der Waals surface area contributed by atoms with E-state index in [1.807, 2.05) is 0 Å². The maximum absolute atomic E-state index is 5.05. The Balaban J connectivity index is 2.19. The molecule has 0 bridgehead atoms. The highest BCUT2D eigenvalue weighted by Gasteiger charge is 2.18. The molecule has 2 heteroatoms. The molecular weight excluding hydrogens is 256 g/mol. The molecule has 0 saturated carbocycles. The van der Waals surface area contributed by atoms with Crippen LogP contribution in [0, 0.1) is 0 Å². The van der Waals surface area contributed by atoms with E-state index in [2.05, 4.69) is 44.3 Å². The molecule has 21 heavy (non-hydrogen) atoms. The lowest BCUT2D eigenvalue weighted by molar-refractivity contribution is 0.581. The van der Waals surface area contributed by atoms with Crippen LogP contribution >= 0.6 is 0 Å². The average molecular weight is 282 g/mol. The molecule has 3 rings (SSSR count). The summed E-state index contributed by atoms with van der Waals surface area (Å²) in [4.78, 5) is 5.05. The second kappa shape index (κ2) is 6.15. The number of para-hydroxylation sites is 1. The minimum absolute atomic E-state index is 0.516. The summed E-state index contributed by atoms with van der Waals surface area (Å²) >= 11 is 0. The van der Waals surface area contributed by atoms with E-state index in [-0.39, 0.29) is 0 Å². The third-order valence-electron chi connectivity index (χ3n) is 4.56. The number of rotatable bonds is 4. The van der Waals surface area contributed by atoms with Crippen molar-refractivity contribution in [2.45, 2.75) is 65.5 Å². The smallest absolute Gasteiger partial charge is 0.0740 e. The van der Waals surface area contributed by atoms with Crippen LogP contribution in [0.1, 0.15) is 56.0 Å². The number of hydrogen-bond acceptors (Lipinski definition) is 2. The summed E-state index contributed by atoms with van der Waals surface area (Å²) in [6, 6.07) is 7.19. The number of aryl methyl sites for hydroxylation is 2. The second-order valence-electron chi connectivity index (χ2n) is 6.43. The zero-order valence-corrected chi connectivity index (χ0v) is 13.5. The van der Waals surface area contributed by atoms with Gasteiger partial charge in [0.05, 0.1) is 5.52 Å². The van der Waals surface area contributed by atoms with Crippen molar-refractivity contribution in [1.82, 2.24) is 10.3 Å². The van der Waals surface area contributed by atoms with Gasteiger partial charge in [-0.25, -0.2) is 0 Å². The first-order valence-corrected chi connectivity index (χ1v) is 8.36. The predicted molar refractivity (Wildman–Crippen MR) is 89.7 cm³/mol. The molecule has 112 valence electrons. The average Bonchev–Trinajstić information content (AvgIpc) is 2.50. The van der Waals surface area contributed by atoms with Crippen molar-refractivity contribution in [1.29, 1.82) is 0 Å². The minimum Gasteiger partial charge on any atom is -0.310 e. The number of nitrogens with zero attached hydrogens (tertiary/aromatic N) is 1. The fourth-order valence-electron chi connectivity index (χ4n) is 3.40. The van der Waals surface area contributed by atoms with Gasteiger partial charge in [0.25, 0.3) is 0 Å². The quantitative estimate of drug-likeness (QED) is 0.910. The lowest BCUT2D eigenvalue weighted by Crippen LogP contribution is -2.24. The molecule has 1 aliphatic carbocycles. The van der Waals surface area contributed by atoms with E-state index in [4.69, 9.17) is 4.98 Å². The third kappa shape index (κ3) is 2.82. The van der Waals surface area contributed by atoms with E-state index in [0.29, 0.717) is 6.04 Å². The van der Waals surface area contributed by atoms with Crippen LogP contribution in [0.15, 0.2) is 18.2 Å². The molecule has 1 aromatic carbocycles. The van der Waals surface area contributed by atoms with Crippen LogP contribution in [0.5, 0.6) is 0 Å². The zero-order valence-electron chi connectivity index (χ0n) is 13.5. The van der Waals surface area contributed by atoms with E-state index in [1.54, 1.807) is 0 Å². The second-order valence-corrected chi connectivity index (χ2v) is 6.43. The van der Waals surface area contributed by atoms with Crippen molar-refractivity contribution in [3.8, 4) is 0 Å². The fraction of sp³-hybridized carbons (Fsp3) is 0.526. The van der Waals surface area contributed by atoms with Crippen molar-refractivity contribution < 1.29 is 0 Å². The predicted octanol–water partition coefficient (Wildman–Crippen LogP) is 4.17. The lowest BCUT2D eigenvalue weighted by Gasteiger charge is -2.22. The van der Waals surface area contributed by atoms with Gasteiger partial charge >= 0.3 is 0 Å². The van der Waals surface area contributed by atoms with Crippen molar-refractivity contribution in [3.63, 3.8) is 0 Å². The molecule has 0 aliphatic heterocycles. The number of fused-ring (bicyclic) bond motifs is 2. The number of nitrogens with one attached hydrogen (secondary N) is 1. The van der Waals surface area contributed by atoms with Gasteiger partial charge in [-0.05, 0) is 48.8 Å². The van der Waals surface area contributed by atoms with Gasteiger partial charge in [-0.15, -0.1) is 0 Å². The molecule has 0 amide bonds. The van der Waals surface area contributed by atoms with Crippen LogP contribution in [0.3, 0.4) is 0 Å². The number of hydrogen-bond donors (Lipinski definition) is 1. The first-order valence-electron chi connectivity index (χ1n) is 8.36. The molecular formula is C19H26N2. The highest BCUT2D eigenvalue weighted by molar-refractivity contribution is 5.86. The van der Waals surface area contributed by atoms with Crippen LogP contribution in [0.25, 0.3) is 10.9 Å². The summed E-state index contributed by atoms with van der Waals surface area (Å²) in [6.45, 7) is 7.62. The zero-order chi connectivity index (χ0) is 14.8. The molecule has 1 aliphatic rings. The highest BCUT2D eigenvalue weighted by Crippen LogP contribution is 2.30. The summed E-state index contributed by atoms with van der Waals surface area (Å²) in [5.41, 5.74) is 7.00. The molecule has 1 aromatic heterocycles. The van der Waals surface area contributed by atoms with Crippen molar-refractivity contribution in [2.24, 2.45) is 0 Å². The summed E-state index contributed by atoms with van der Waals surface area (Å²) < 4.78 is 0. The van der Waals surface area contributed by atoms with Gasteiger partial charge in [0, 0.05) is 23.7 Å². The maximum atomic E-state index is 5.05. The van der Waals surface area contributed by atoms with Crippen LogP contribution in [0.2, 0.25) is 0 Å². The van der Waals surface area contributed by atoms with Gasteiger partial charge in [0.2, 0.25) is 0 Å². The van der Waals surface area contributed by atoms with Gasteiger partial charge < -0.3 is 5.32 Å². The largest absolute Gasteiger partial charge is 0.310 e. The Morgan fingerprint density at radius 2 is 2.00 bits per heavy atom. The topological polar surface area (TPSA) is 24.9 Å². The standard InChI is InChI=1S/C19H26N2/c1-4-14-8-7-10-16-17(12-20-13(2)3)15-9-5-6-11-18(15)21-19(14)16/h7-8,10,13,20H,4-6,9,11-12H2,1-3H3. The molecule has 2 nitrogen and oxygen atoms in total. The normalized spacial score (nSPS) is 14.7. The van der Waals surface area contributed by atoms with E-state index in [0.717, 1.165) is 19.4 Å². The van der Waals surface area contributed by atoms with Gasteiger partial charge in [-0.1, -0.05) is 39.0 Å². The lowest BCUT2D eigenvalue weighted by atomic mass is 9.89. The van der Waals surface area contributed by atoms with Crippen LogP contribution in [-0.2, 0) is 25.8 Å².